The van der Waals surface area contributed by atoms with Gasteiger partial charge in [-0.25, -0.2) is 8.42 Å². The van der Waals surface area contributed by atoms with Crippen molar-refractivity contribution in [1.29, 1.82) is 0 Å². The molecule has 1 heterocycles. The molecule has 110 valence electrons. The van der Waals surface area contributed by atoms with E-state index in [0.717, 1.165) is 30.4 Å². The quantitative estimate of drug-likeness (QED) is 0.597. The maximum Gasteiger partial charge on any atom is 0.150 e. The second kappa shape index (κ2) is 6.93. The summed E-state index contributed by atoms with van der Waals surface area (Å²) in [7, 11) is -2.74. The summed E-state index contributed by atoms with van der Waals surface area (Å²) in [5, 5.41) is 0. The van der Waals surface area contributed by atoms with Gasteiger partial charge < -0.3 is 4.74 Å². The molecule has 1 saturated heterocycles. The molecule has 0 saturated carbocycles. The number of hydrogen-bond donors (Lipinski definition) is 0. The molecule has 1 aliphatic rings. The molecule has 4 heteroatoms. The second-order valence-corrected chi connectivity index (χ2v) is 7.68. The standard InChI is InChI=1S/C16H22O3S/c1-14(16-7-3-2-4-8-16)12-19-10-5-6-15-9-11-20(17,18)13-15/h2-4,7-8,12,15H,5-6,9-11,13H2,1H3/b14-12-. The molecule has 1 aliphatic heterocycles. The first-order valence-corrected chi connectivity index (χ1v) is 8.93. The zero-order valence-corrected chi connectivity index (χ0v) is 12.7. The third kappa shape index (κ3) is 4.67. The van der Waals surface area contributed by atoms with E-state index in [4.69, 9.17) is 4.74 Å². The van der Waals surface area contributed by atoms with Gasteiger partial charge in [0.1, 0.15) is 0 Å². The van der Waals surface area contributed by atoms with E-state index in [1.54, 1.807) is 6.26 Å². The summed E-state index contributed by atoms with van der Waals surface area (Å²) in [4.78, 5) is 0. The number of rotatable bonds is 6. The van der Waals surface area contributed by atoms with Crippen molar-refractivity contribution in [2.24, 2.45) is 5.92 Å². The lowest BCUT2D eigenvalue weighted by atomic mass is 10.0. The Labute approximate surface area is 121 Å². The highest BCUT2D eigenvalue weighted by Crippen LogP contribution is 2.22. The number of sulfone groups is 1. The van der Waals surface area contributed by atoms with Gasteiger partial charge in [-0.2, -0.15) is 0 Å². The van der Waals surface area contributed by atoms with E-state index in [2.05, 4.69) is 12.1 Å². The Kier molecular flexibility index (Phi) is 5.24. The maximum atomic E-state index is 11.3. The van der Waals surface area contributed by atoms with Gasteiger partial charge in [-0.1, -0.05) is 30.3 Å². The zero-order chi connectivity index (χ0) is 14.4. The molecular weight excluding hydrogens is 272 g/mol. The Morgan fingerprint density at radius 3 is 2.75 bits per heavy atom. The Morgan fingerprint density at radius 1 is 1.35 bits per heavy atom. The minimum Gasteiger partial charge on any atom is -0.501 e. The molecule has 1 aromatic carbocycles. The van der Waals surface area contributed by atoms with Crippen LogP contribution in [0.3, 0.4) is 0 Å². The molecule has 1 aromatic rings. The first-order valence-electron chi connectivity index (χ1n) is 7.11. The van der Waals surface area contributed by atoms with Crippen molar-refractivity contribution >= 4 is 15.4 Å². The molecule has 0 N–H and O–H groups in total. The maximum absolute atomic E-state index is 11.3. The summed E-state index contributed by atoms with van der Waals surface area (Å²) < 4.78 is 28.2. The van der Waals surface area contributed by atoms with Gasteiger partial charge in [0, 0.05) is 0 Å². The molecule has 0 bridgehead atoms. The monoisotopic (exact) mass is 294 g/mol. The summed E-state index contributed by atoms with van der Waals surface area (Å²) in [6.07, 6.45) is 4.47. The fraction of sp³-hybridized carbons (Fsp3) is 0.500. The zero-order valence-electron chi connectivity index (χ0n) is 11.9. The number of allylic oxidation sites excluding steroid dienone is 1. The van der Waals surface area contributed by atoms with Crippen molar-refractivity contribution in [3.05, 3.63) is 42.2 Å². The number of benzene rings is 1. The second-order valence-electron chi connectivity index (χ2n) is 5.45. The predicted molar refractivity (Wildman–Crippen MR) is 82.0 cm³/mol. The van der Waals surface area contributed by atoms with E-state index >= 15 is 0 Å². The molecule has 0 spiro atoms. The van der Waals surface area contributed by atoms with Crippen molar-refractivity contribution in [2.45, 2.75) is 26.2 Å². The van der Waals surface area contributed by atoms with Gasteiger partial charge in [-0.3, -0.25) is 0 Å². The highest BCUT2D eigenvalue weighted by atomic mass is 32.2. The van der Waals surface area contributed by atoms with Gasteiger partial charge in [-0.15, -0.1) is 0 Å². The molecule has 1 unspecified atom stereocenters. The summed E-state index contributed by atoms with van der Waals surface area (Å²) in [6.45, 7) is 2.68. The van der Waals surface area contributed by atoms with Crippen LogP contribution in [-0.4, -0.2) is 26.5 Å². The molecule has 1 fully saturated rings. The molecule has 0 radical (unpaired) electrons. The Bertz CT molecular complexity index is 546. The van der Waals surface area contributed by atoms with Crippen molar-refractivity contribution in [3.63, 3.8) is 0 Å². The molecule has 1 atom stereocenters. The van der Waals surface area contributed by atoms with Crippen LogP contribution in [0.25, 0.3) is 5.57 Å². The predicted octanol–water partition coefficient (Wildman–Crippen LogP) is 3.28. The summed E-state index contributed by atoms with van der Waals surface area (Å²) in [6, 6.07) is 10.1. The molecular formula is C16H22O3S. The fourth-order valence-corrected chi connectivity index (χ4v) is 4.42. The van der Waals surface area contributed by atoms with Crippen LogP contribution in [0.1, 0.15) is 31.7 Å². The van der Waals surface area contributed by atoms with Crippen LogP contribution in [-0.2, 0) is 14.6 Å². The van der Waals surface area contributed by atoms with Crippen LogP contribution in [0.15, 0.2) is 36.6 Å². The van der Waals surface area contributed by atoms with Crippen LogP contribution in [0.4, 0.5) is 0 Å². The van der Waals surface area contributed by atoms with Gasteiger partial charge in [-0.05, 0) is 43.2 Å². The Balaban J connectivity index is 1.67. The molecule has 20 heavy (non-hydrogen) atoms. The Hall–Kier alpha value is -1.29. The summed E-state index contributed by atoms with van der Waals surface area (Å²) in [5.74, 6) is 1.07. The van der Waals surface area contributed by atoms with Crippen molar-refractivity contribution in [2.75, 3.05) is 18.1 Å². The first-order chi connectivity index (χ1) is 9.57. The lowest BCUT2D eigenvalue weighted by molar-refractivity contribution is 0.236. The molecule has 0 amide bonds. The van der Waals surface area contributed by atoms with Crippen LogP contribution >= 0.6 is 0 Å². The minimum atomic E-state index is -2.74. The third-order valence-electron chi connectivity index (χ3n) is 3.69. The van der Waals surface area contributed by atoms with E-state index in [9.17, 15) is 8.42 Å². The van der Waals surface area contributed by atoms with Crippen molar-refractivity contribution in [3.8, 4) is 0 Å². The SMILES string of the molecule is C/C(=C/OCCCC1CCS(=O)(=O)C1)c1ccccc1. The van der Waals surface area contributed by atoms with Gasteiger partial charge in [0.25, 0.3) is 0 Å². The van der Waals surface area contributed by atoms with Crippen molar-refractivity contribution < 1.29 is 13.2 Å². The van der Waals surface area contributed by atoms with Gasteiger partial charge in [0.2, 0.25) is 0 Å². The number of ether oxygens (including phenoxy) is 1. The lowest BCUT2D eigenvalue weighted by Crippen LogP contribution is -2.05. The van der Waals surface area contributed by atoms with Crippen molar-refractivity contribution in [1.82, 2.24) is 0 Å². The molecule has 0 aromatic heterocycles. The fourth-order valence-electron chi connectivity index (χ4n) is 2.51. The van der Waals surface area contributed by atoms with Gasteiger partial charge >= 0.3 is 0 Å². The van der Waals surface area contributed by atoms with E-state index in [-0.39, 0.29) is 0 Å². The highest BCUT2D eigenvalue weighted by Gasteiger charge is 2.27. The first kappa shape index (κ1) is 15.1. The third-order valence-corrected chi connectivity index (χ3v) is 5.53. The van der Waals surface area contributed by atoms with Gasteiger partial charge in [0.15, 0.2) is 9.84 Å². The average Bonchev–Trinajstić information content (AvgIpc) is 2.78. The van der Waals surface area contributed by atoms with E-state index in [1.807, 2.05) is 25.1 Å². The van der Waals surface area contributed by atoms with E-state index < -0.39 is 9.84 Å². The van der Waals surface area contributed by atoms with Crippen LogP contribution in [0.5, 0.6) is 0 Å². The largest absolute Gasteiger partial charge is 0.501 e. The summed E-state index contributed by atoms with van der Waals surface area (Å²) in [5.41, 5.74) is 2.27. The lowest BCUT2D eigenvalue weighted by Gasteiger charge is -2.07. The summed E-state index contributed by atoms with van der Waals surface area (Å²) >= 11 is 0. The molecule has 0 aliphatic carbocycles. The van der Waals surface area contributed by atoms with E-state index in [1.165, 1.54) is 0 Å². The highest BCUT2D eigenvalue weighted by molar-refractivity contribution is 7.91. The smallest absolute Gasteiger partial charge is 0.150 e. The van der Waals surface area contributed by atoms with Gasteiger partial charge in [0.05, 0.1) is 24.4 Å². The van der Waals surface area contributed by atoms with Crippen LogP contribution in [0.2, 0.25) is 0 Å². The average molecular weight is 294 g/mol. The molecule has 3 nitrogen and oxygen atoms in total. The molecule has 2 rings (SSSR count). The topological polar surface area (TPSA) is 43.4 Å². The minimum absolute atomic E-state index is 0.336. The normalized spacial score (nSPS) is 21.9. The Morgan fingerprint density at radius 2 is 2.10 bits per heavy atom. The number of hydrogen-bond acceptors (Lipinski definition) is 3. The van der Waals surface area contributed by atoms with Crippen LogP contribution < -0.4 is 0 Å². The van der Waals surface area contributed by atoms with E-state index in [0.29, 0.717) is 24.0 Å². The van der Waals surface area contributed by atoms with Crippen LogP contribution in [0, 0.1) is 5.92 Å².